The van der Waals surface area contributed by atoms with E-state index in [1.54, 1.807) is 28.8 Å². The Hall–Kier alpha value is -3.90. The smallest absolute Gasteiger partial charge is 0.255 e. The minimum Gasteiger partial charge on any atom is -0.356 e. The first kappa shape index (κ1) is 18.9. The van der Waals surface area contributed by atoms with Crippen molar-refractivity contribution in [1.82, 2.24) is 9.55 Å². The molecule has 6 heteroatoms. The van der Waals surface area contributed by atoms with Crippen LogP contribution in [-0.2, 0) is 6.54 Å². The van der Waals surface area contributed by atoms with E-state index < -0.39 is 0 Å². The van der Waals surface area contributed by atoms with Crippen molar-refractivity contribution in [2.45, 2.75) is 19.4 Å². The van der Waals surface area contributed by atoms with Gasteiger partial charge < -0.3 is 5.32 Å². The zero-order valence-electron chi connectivity index (χ0n) is 15.3. The van der Waals surface area contributed by atoms with Gasteiger partial charge in [-0.1, -0.05) is 42.5 Å². The Morgan fingerprint density at radius 2 is 1.79 bits per heavy atom. The molecule has 3 aromatic rings. The molecule has 0 aliphatic heterocycles. The number of hydrogen-bond donors (Lipinski definition) is 1. The van der Waals surface area contributed by atoms with Gasteiger partial charge in [0.1, 0.15) is 0 Å². The minimum atomic E-state index is -0.166. The second-order valence-corrected chi connectivity index (χ2v) is 6.25. The molecule has 0 unspecified atom stereocenters. The molecule has 1 N–H and O–H groups in total. The fourth-order valence-electron chi connectivity index (χ4n) is 2.79. The highest BCUT2D eigenvalue weighted by atomic mass is 16.1. The number of benzene rings is 2. The van der Waals surface area contributed by atoms with Crippen molar-refractivity contribution in [3.8, 4) is 23.4 Å². The van der Waals surface area contributed by atoms with Gasteiger partial charge >= 0.3 is 0 Å². The molecule has 0 saturated heterocycles. The minimum absolute atomic E-state index is 0.166. The van der Waals surface area contributed by atoms with Crippen molar-refractivity contribution in [3.05, 3.63) is 82.1 Å². The van der Waals surface area contributed by atoms with Crippen LogP contribution in [0.3, 0.4) is 0 Å². The van der Waals surface area contributed by atoms with Gasteiger partial charge in [0.2, 0.25) is 5.95 Å². The number of nitrogens with zero attached hydrogens (tertiary/aromatic N) is 4. The number of nitriles is 2. The number of anilines is 1. The predicted molar refractivity (Wildman–Crippen MR) is 108 cm³/mol. The summed E-state index contributed by atoms with van der Waals surface area (Å²) in [6, 6.07) is 22.4. The summed E-state index contributed by atoms with van der Waals surface area (Å²) in [6.07, 6.45) is 1.10. The van der Waals surface area contributed by atoms with Crippen LogP contribution in [0.15, 0.2) is 65.5 Å². The van der Waals surface area contributed by atoms with Crippen LogP contribution in [0.1, 0.15) is 24.0 Å². The standard InChI is InChI=1S/C22H19N5O/c23-12-4-5-13-25-22-26-20(19-10-8-17(15-24)9-11-19)14-21(28)27(22)16-18-6-2-1-3-7-18/h1-3,6-11,14H,4-5,13,16H2,(H,25,26). The first-order valence-corrected chi connectivity index (χ1v) is 8.98. The van der Waals surface area contributed by atoms with Crippen LogP contribution in [-0.4, -0.2) is 16.1 Å². The van der Waals surface area contributed by atoms with Gasteiger partial charge in [-0.2, -0.15) is 10.5 Å². The summed E-state index contributed by atoms with van der Waals surface area (Å²) in [4.78, 5) is 17.5. The van der Waals surface area contributed by atoms with Gasteiger partial charge in [-0.15, -0.1) is 0 Å². The summed E-state index contributed by atoms with van der Waals surface area (Å²) in [5, 5.41) is 20.9. The molecule has 0 aliphatic rings. The number of nitrogens with one attached hydrogen (secondary N) is 1. The molecule has 6 nitrogen and oxygen atoms in total. The van der Waals surface area contributed by atoms with Gasteiger partial charge in [-0.3, -0.25) is 9.36 Å². The predicted octanol–water partition coefficient (Wildman–Crippen LogP) is 3.55. The molecule has 138 valence electrons. The highest BCUT2D eigenvalue weighted by Crippen LogP contribution is 2.18. The highest BCUT2D eigenvalue weighted by Gasteiger charge is 2.11. The molecule has 0 radical (unpaired) electrons. The Labute approximate surface area is 163 Å². The lowest BCUT2D eigenvalue weighted by Gasteiger charge is -2.15. The van der Waals surface area contributed by atoms with Crippen LogP contribution >= 0.6 is 0 Å². The van der Waals surface area contributed by atoms with E-state index in [-0.39, 0.29) is 5.56 Å². The first-order valence-electron chi connectivity index (χ1n) is 8.98. The Balaban J connectivity index is 1.97. The molecular weight excluding hydrogens is 350 g/mol. The van der Waals surface area contributed by atoms with E-state index in [9.17, 15) is 4.79 Å². The molecule has 0 spiro atoms. The maximum absolute atomic E-state index is 12.8. The molecule has 0 bridgehead atoms. The summed E-state index contributed by atoms with van der Waals surface area (Å²) in [5.41, 5.74) is 2.69. The van der Waals surface area contributed by atoms with Gasteiger partial charge in [-0.25, -0.2) is 4.98 Å². The third kappa shape index (κ3) is 4.63. The Kier molecular flexibility index (Phi) is 6.17. The Morgan fingerprint density at radius 1 is 1.04 bits per heavy atom. The molecule has 0 aliphatic carbocycles. The van der Waals surface area contributed by atoms with E-state index in [2.05, 4.69) is 22.4 Å². The Morgan fingerprint density at radius 3 is 2.46 bits per heavy atom. The molecular formula is C22H19N5O. The third-order valence-corrected chi connectivity index (χ3v) is 4.25. The van der Waals surface area contributed by atoms with Crippen molar-refractivity contribution in [1.29, 1.82) is 10.5 Å². The normalized spacial score (nSPS) is 10.1. The third-order valence-electron chi connectivity index (χ3n) is 4.25. The highest BCUT2D eigenvalue weighted by molar-refractivity contribution is 5.61. The van der Waals surface area contributed by atoms with Gasteiger partial charge in [0, 0.05) is 24.6 Å². The van der Waals surface area contributed by atoms with Crippen LogP contribution in [0, 0.1) is 22.7 Å². The summed E-state index contributed by atoms with van der Waals surface area (Å²) in [6.45, 7) is 0.951. The van der Waals surface area contributed by atoms with Crippen LogP contribution in [0.4, 0.5) is 5.95 Å². The number of unbranched alkanes of at least 4 members (excludes halogenated alkanes) is 1. The molecule has 1 aromatic heterocycles. The molecule has 0 saturated carbocycles. The lowest BCUT2D eigenvalue weighted by Crippen LogP contribution is -2.25. The Bertz CT molecular complexity index is 1070. The van der Waals surface area contributed by atoms with Gasteiger partial charge in [0.15, 0.2) is 0 Å². The SMILES string of the molecule is N#CCCCNc1nc(-c2ccc(C#N)cc2)cc(=O)n1Cc1ccccc1. The van der Waals surface area contributed by atoms with E-state index >= 15 is 0 Å². The fraction of sp³-hybridized carbons (Fsp3) is 0.182. The van der Waals surface area contributed by atoms with Crippen LogP contribution in [0.2, 0.25) is 0 Å². The molecule has 2 aromatic carbocycles. The molecule has 0 amide bonds. The van der Waals surface area contributed by atoms with E-state index in [1.165, 1.54) is 6.07 Å². The summed E-state index contributed by atoms with van der Waals surface area (Å²) in [7, 11) is 0. The van der Waals surface area contributed by atoms with Crippen molar-refractivity contribution in [3.63, 3.8) is 0 Å². The van der Waals surface area contributed by atoms with Crippen molar-refractivity contribution in [2.75, 3.05) is 11.9 Å². The van der Waals surface area contributed by atoms with E-state index in [0.717, 1.165) is 11.1 Å². The van der Waals surface area contributed by atoms with Gasteiger partial charge in [-0.05, 0) is 24.1 Å². The molecule has 1 heterocycles. The monoisotopic (exact) mass is 369 g/mol. The van der Waals surface area contributed by atoms with E-state index in [1.807, 2.05) is 30.3 Å². The lowest BCUT2D eigenvalue weighted by molar-refractivity contribution is 0.735. The zero-order chi connectivity index (χ0) is 19.8. The first-order chi connectivity index (χ1) is 13.7. The van der Waals surface area contributed by atoms with Gasteiger partial charge in [0.25, 0.3) is 5.56 Å². The fourth-order valence-corrected chi connectivity index (χ4v) is 2.79. The van der Waals surface area contributed by atoms with Crippen LogP contribution in [0.25, 0.3) is 11.3 Å². The zero-order valence-corrected chi connectivity index (χ0v) is 15.3. The maximum atomic E-state index is 12.8. The average molecular weight is 369 g/mol. The second kappa shape index (κ2) is 9.16. The van der Waals surface area contributed by atoms with E-state index in [4.69, 9.17) is 10.5 Å². The summed E-state index contributed by atoms with van der Waals surface area (Å²) < 4.78 is 1.59. The van der Waals surface area contributed by atoms with Crippen LogP contribution in [0.5, 0.6) is 0 Å². The van der Waals surface area contributed by atoms with Crippen molar-refractivity contribution in [2.24, 2.45) is 0 Å². The number of rotatable bonds is 7. The molecule has 28 heavy (non-hydrogen) atoms. The van der Waals surface area contributed by atoms with Crippen LogP contribution < -0.4 is 10.9 Å². The number of hydrogen-bond acceptors (Lipinski definition) is 5. The second-order valence-electron chi connectivity index (χ2n) is 6.25. The summed E-state index contributed by atoms with van der Waals surface area (Å²) in [5.74, 6) is 0.466. The quantitative estimate of drug-likeness (QED) is 0.643. The molecule has 0 fully saturated rings. The topological polar surface area (TPSA) is 94.5 Å². The largest absolute Gasteiger partial charge is 0.356 e. The van der Waals surface area contributed by atoms with Crippen molar-refractivity contribution < 1.29 is 0 Å². The molecule has 3 rings (SSSR count). The lowest BCUT2D eigenvalue weighted by atomic mass is 10.1. The maximum Gasteiger partial charge on any atom is 0.255 e. The average Bonchev–Trinajstić information content (AvgIpc) is 2.74. The summed E-state index contributed by atoms with van der Waals surface area (Å²) >= 11 is 0. The van der Waals surface area contributed by atoms with Crippen molar-refractivity contribution >= 4 is 5.95 Å². The number of aromatic nitrogens is 2. The van der Waals surface area contributed by atoms with E-state index in [0.29, 0.717) is 43.1 Å². The molecule has 0 atom stereocenters. The van der Waals surface area contributed by atoms with Gasteiger partial charge in [0.05, 0.1) is 29.9 Å².